The molecule has 1 aliphatic heterocycles. The predicted molar refractivity (Wildman–Crippen MR) is 87.2 cm³/mol. The SMILES string of the molecule is CCO[C@@H]1[C@H](O)[C@@H](COP(N)O)O[C@H]1n1cnc2c(=O)[nH]c(N)nc21. The summed E-state index contributed by atoms with van der Waals surface area (Å²) in [5.74, 6) is -0.0697. The molecule has 12 nitrogen and oxygen atoms in total. The second-order valence-corrected chi connectivity index (χ2v) is 6.21. The smallest absolute Gasteiger partial charge is 0.280 e. The van der Waals surface area contributed by atoms with Crippen LogP contribution in [0.2, 0.25) is 0 Å². The molecule has 13 heteroatoms. The number of nitrogen functional groups attached to an aromatic ring is 1. The Morgan fingerprint density at radius 2 is 2.32 bits per heavy atom. The molecular formula is C12H19N6O6P. The normalized spacial score (nSPS) is 27.8. The molecule has 0 saturated carbocycles. The average Bonchev–Trinajstić information content (AvgIpc) is 3.08. The minimum absolute atomic E-state index is 0.0697. The zero-order valence-corrected chi connectivity index (χ0v) is 14.2. The molecule has 2 aromatic rings. The van der Waals surface area contributed by atoms with Crippen molar-refractivity contribution in [1.82, 2.24) is 19.5 Å². The first-order valence-corrected chi connectivity index (χ1v) is 8.74. The average molecular weight is 374 g/mol. The molecule has 0 aromatic carbocycles. The predicted octanol–water partition coefficient (Wildman–Crippen LogP) is -1.44. The molecule has 3 rings (SSSR count). The maximum atomic E-state index is 11.9. The van der Waals surface area contributed by atoms with Crippen LogP contribution in [0.4, 0.5) is 5.95 Å². The van der Waals surface area contributed by atoms with Crippen LogP contribution in [0.5, 0.6) is 0 Å². The zero-order valence-electron chi connectivity index (χ0n) is 13.3. The van der Waals surface area contributed by atoms with E-state index in [0.29, 0.717) is 6.61 Å². The van der Waals surface area contributed by atoms with Gasteiger partial charge in [0.15, 0.2) is 17.4 Å². The van der Waals surface area contributed by atoms with Gasteiger partial charge in [-0.05, 0) is 6.92 Å². The zero-order chi connectivity index (χ0) is 18.1. The molecule has 0 radical (unpaired) electrons. The quantitative estimate of drug-likeness (QED) is 0.375. The number of H-pyrrole nitrogens is 1. The number of aliphatic hydroxyl groups excluding tert-OH is 1. The maximum absolute atomic E-state index is 11.9. The highest BCUT2D eigenvalue weighted by atomic mass is 31.2. The van der Waals surface area contributed by atoms with Gasteiger partial charge in [0.05, 0.1) is 12.9 Å². The van der Waals surface area contributed by atoms with E-state index in [4.69, 9.17) is 30.1 Å². The Morgan fingerprint density at radius 3 is 3.00 bits per heavy atom. The van der Waals surface area contributed by atoms with Crippen molar-refractivity contribution in [3.05, 3.63) is 16.7 Å². The minimum Gasteiger partial charge on any atom is -0.387 e. The highest BCUT2D eigenvalue weighted by molar-refractivity contribution is 7.43. The van der Waals surface area contributed by atoms with Crippen LogP contribution in [0.15, 0.2) is 11.1 Å². The van der Waals surface area contributed by atoms with Crippen LogP contribution in [-0.2, 0) is 14.0 Å². The lowest BCUT2D eigenvalue weighted by Gasteiger charge is -2.21. The van der Waals surface area contributed by atoms with Crippen molar-refractivity contribution in [2.24, 2.45) is 5.50 Å². The van der Waals surface area contributed by atoms with E-state index in [1.165, 1.54) is 10.9 Å². The summed E-state index contributed by atoms with van der Waals surface area (Å²) in [6, 6.07) is 0. The molecule has 1 aliphatic rings. The van der Waals surface area contributed by atoms with Gasteiger partial charge in [0.2, 0.25) is 14.5 Å². The Balaban J connectivity index is 1.95. The Hall–Kier alpha value is -1.66. The lowest BCUT2D eigenvalue weighted by Crippen LogP contribution is -2.35. The van der Waals surface area contributed by atoms with Crippen LogP contribution >= 0.6 is 8.53 Å². The van der Waals surface area contributed by atoms with E-state index in [9.17, 15) is 9.90 Å². The van der Waals surface area contributed by atoms with Crippen molar-refractivity contribution in [3.63, 3.8) is 0 Å². The molecule has 5 atom stereocenters. The van der Waals surface area contributed by atoms with Gasteiger partial charge in [-0.3, -0.25) is 19.8 Å². The van der Waals surface area contributed by atoms with Gasteiger partial charge in [-0.15, -0.1) is 0 Å². The topological polar surface area (TPSA) is 184 Å². The van der Waals surface area contributed by atoms with Crippen molar-refractivity contribution in [1.29, 1.82) is 0 Å². The van der Waals surface area contributed by atoms with Crippen molar-refractivity contribution in [3.8, 4) is 0 Å². The number of aromatic nitrogens is 4. The largest absolute Gasteiger partial charge is 0.387 e. The monoisotopic (exact) mass is 374 g/mol. The van der Waals surface area contributed by atoms with E-state index < -0.39 is 38.6 Å². The molecule has 0 spiro atoms. The third-order valence-electron chi connectivity index (χ3n) is 3.77. The van der Waals surface area contributed by atoms with E-state index in [0.717, 1.165) is 0 Å². The van der Waals surface area contributed by atoms with E-state index in [2.05, 4.69) is 15.0 Å². The van der Waals surface area contributed by atoms with E-state index in [1.807, 2.05) is 0 Å². The van der Waals surface area contributed by atoms with Crippen LogP contribution in [0, 0.1) is 0 Å². The Morgan fingerprint density at radius 1 is 1.56 bits per heavy atom. The molecule has 0 amide bonds. The number of nitrogens with one attached hydrogen (secondary N) is 1. The fourth-order valence-corrected chi connectivity index (χ4v) is 3.03. The summed E-state index contributed by atoms with van der Waals surface area (Å²) < 4.78 is 17.8. The van der Waals surface area contributed by atoms with E-state index >= 15 is 0 Å². The summed E-state index contributed by atoms with van der Waals surface area (Å²) in [4.78, 5) is 31.5. The fraction of sp³-hybridized carbons (Fsp3) is 0.583. The molecule has 2 aromatic heterocycles. The van der Waals surface area contributed by atoms with Crippen LogP contribution < -0.4 is 16.8 Å². The number of rotatable bonds is 6. The maximum Gasteiger partial charge on any atom is 0.280 e. The van der Waals surface area contributed by atoms with Crippen LogP contribution in [0.1, 0.15) is 13.2 Å². The first-order valence-electron chi connectivity index (χ1n) is 7.46. The fourth-order valence-electron chi connectivity index (χ4n) is 2.73. The van der Waals surface area contributed by atoms with Crippen LogP contribution in [0.25, 0.3) is 11.2 Å². The van der Waals surface area contributed by atoms with Crippen LogP contribution in [0.3, 0.4) is 0 Å². The lowest BCUT2D eigenvalue weighted by atomic mass is 10.1. The lowest BCUT2D eigenvalue weighted by molar-refractivity contribution is -0.0664. The van der Waals surface area contributed by atoms with Gasteiger partial charge in [-0.1, -0.05) is 0 Å². The number of hydrogen-bond acceptors (Lipinski definition) is 10. The van der Waals surface area contributed by atoms with Gasteiger partial charge < -0.3 is 29.7 Å². The molecular weight excluding hydrogens is 355 g/mol. The number of aromatic amines is 1. The number of ether oxygens (including phenoxy) is 2. The molecule has 0 bridgehead atoms. The molecule has 138 valence electrons. The van der Waals surface area contributed by atoms with Crippen molar-refractivity contribution >= 4 is 25.6 Å². The minimum atomic E-state index is -2.08. The van der Waals surface area contributed by atoms with Crippen molar-refractivity contribution in [2.75, 3.05) is 18.9 Å². The Bertz CT molecular complexity index is 796. The van der Waals surface area contributed by atoms with Crippen molar-refractivity contribution in [2.45, 2.75) is 31.5 Å². The molecule has 0 aliphatic carbocycles. The number of aliphatic hydroxyl groups is 1. The number of nitrogens with two attached hydrogens (primary N) is 2. The molecule has 1 saturated heterocycles. The summed E-state index contributed by atoms with van der Waals surface area (Å²) in [6.07, 6.45) is -2.05. The summed E-state index contributed by atoms with van der Waals surface area (Å²) in [6.45, 7) is 1.97. The number of anilines is 1. The molecule has 1 unspecified atom stereocenters. The highest BCUT2D eigenvalue weighted by Crippen LogP contribution is 2.34. The van der Waals surface area contributed by atoms with Gasteiger partial charge in [0.1, 0.15) is 18.3 Å². The summed E-state index contributed by atoms with van der Waals surface area (Å²) in [7, 11) is -2.08. The van der Waals surface area contributed by atoms with Gasteiger partial charge in [0.25, 0.3) is 5.56 Å². The number of hydrogen-bond donors (Lipinski definition) is 5. The Kier molecular flexibility index (Phi) is 5.29. The van der Waals surface area contributed by atoms with E-state index in [-0.39, 0.29) is 23.7 Å². The van der Waals surface area contributed by atoms with Crippen LogP contribution in [-0.4, -0.2) is 61.0 Å². The first-order chi connectivity index (χ1) is 11.9. The molecule has 25 heavy (non-hydrogen) atoms. The van der Waals surface area contributed by atoms with Crippen molar-refractivity contribution < 1.29 is 24.0 Å². The van der Waals surface area contributed by atoms with Gasteiger partial charge in [-0.2, -0.15) is 4.98 Å². The molecule has 1 fully saturated rings. The van der Waals surface area contributed by atoms with Gasteiger partial charge in [-0.25, -0.2) is 4.98 Å². The van der Waals surface area contributed by atoms with Gasteiger partial charge in [0, 0.05) is 6.61 Å². The standard InChI is InChI=1S/C12H19N6O6P/c1-2-22-8-7(19)5(3-23-25(14)21)24-11(8)18-4-15-6-9(18)16-12(13)17-10(6)20/h4-5,7-8,11,19,21H,2-3,14H2,1H3,(H3,13,16,17,20)/t5-,7-,8-,11-,25?/m1/s1. The number of imidazole rings is 1. The molecule has 3 heterocycles. The second kappa shape index (κ2) is 7.30. The third kappa shape index (κ3) is 3.51. The second-order valence-electron chi connectivity index (χ2n) is 5.35. The summed E-state index contributed by atoms with van der Waals surface area (Å²) in [5.41, 5.74) is 10.6. The van der Waals surface area contributed by atoms with E-state index in [1.54, 1.807) is 6.92 Å². The summed E-state index contributed by atoms with van der Waals surface area (Å²) >= 11 is 0. The van der Waals surface area contributed by atoms with Gasteiger partial charge >= 0.3 is 0 Å². The first kappa shape index (κ1) is 18.1. The third-order valence-corrected chi connectivity index (χ3v) is 4.18. The summed E-state index contributed by atoms with van der Waals surface area (Å²) in [5, 5.41) is 10.5. The number of fused-ring (bicyclic) bond motifs is 1. The number of nitrogens with zero attached hydrogens (tertiary/aromatic N) is 3. The Labute approximate surface area is 142 Å². The highest BCUT2D eigenvalue weighted by Gasteiger charge is 2.46. The molecule has 7 N–H and O–H groups in total.